The van der Waals surface area contributed by atoms with Crippen LogP contribution in [0.1, 0.15) is 17.5 Å². The zero-order valence-electron chi connectivity index (χ0n) is 13.1. The molecule has 1 aromatic heterocycles. The first-order valence-corrected chi connectivity index (χ1v) is 7.60. The lowest BCUT2D eigenvalue weighted by Crippen LogP contribution is -2.47. The van der Waals surface area contributed by atoms with Gasteiger partial charge in [-0.1, -0.05) is 18.2 Å². The van der Waals surface area contributed by atoms with Crippen molar-refractivity contribution in [2.45, 2.75) is 26.1 Å². The Labute approximate surface area is 136 Å². The summed E-state index contributed by atoms with van der Waals surface area (Å²) in [4.78, 5) is 17.2. The van der Waals surface area contributed by atoms with Crippen LogP contribution >= 0.6 is 0 Å². The fourth-order valence-corrected chi connectivity index (χ4v) is 3.28. The third-order valence-electron chi connectivity index (χ3n) is 4.80. The predicted octanol–water partition coefficient (Wildman–Crippen LogP) is 3.38. The number of carbonyl (C=O) groups is 1. The summed E-state index contributed by atoms with van der Waals surface area (Å²) in [5.41, 5.74) is -0.159. The van der Waals surface area contributed by atoms with E-state index in [-0.39, 0.29) is 13.1 Å². The summed E-state index contributed by atoms with van der Waals surface area (Å²) in [7, 11) is 0. The van der Waals surface area contributed by atoms with E-state index < -0.39 is 30.5 Å². The number of benzene rings is 1. The number of carboxylic acids is 1. The molecule has 4 nitrogen and oxygen atoms in total. The van der Waals surface area contributed by atoms with Crippen LogP contribution in [0, 0.1) is 12.3 Å². The smallest absolute Gasteiger partial charge is 0.406 e. The van der Waals surface area contributed by atoms with E-state index >= 15 is 0 Å². The quantitative estimate of drug-likeness (QED) is 0.932. The second kappa shape index (κ2) is 5.73. The van der Waals surface area contributed by atoms with Gasteiger partial charge in [-0.3, -0.25) is 14.7 Å². The summed E-state index contributed by atoms with van der Waals surface area (Å²) in [6.07, 6.45) is -3.55. The average Bonchev–Trinajstić information content (AvgIpc) is 2.95. The Morgan fingerprint density at radius 3 is 2.75 bits per heavy atom. The van der Waals surface area contributed by atoms with Crippen molar-refractivity contribution in [3.8, 4) is 0 Å². The standard InChI is InChI=1S/C17H17F3N2O2/c1-11-4-5-12-3-2-7-21-14(12)13(11)9-22-8-6-16(10-22,15(23)24)17(18,19)20/h2-5,7H,6,8-10H2,1H3,(H,23,24). The van der Waals surface area contributed by atoms with Crippen molar-refractivity contribution in [1.29, 1.82) is 0 Å². The van der Waals surface area contributed by atoms with Gasteiger partial charge in [0, 0.05) is 31.2 Å². The van der Waals surface area contributed by atoms with Crippen LogP contribution in [0.2, 0.25) is 0 Å². The SMILES string of the molecule is Cc1ccc2cccnc2c1CN1CCC(C(=O)O)(C(F)(F)F)C1. The highest BCUT2D eigenvalue weighted by atomic mass is 19.4. The molecule has 3 rings (SSSR count). The number of rotatable bonds is 3. The molecule has 1 aromatic carbocycles. The van der Waals surface area contributed by atoms with Gasteiger partial charge in [0.15, 0.2) is 5.41 Å². The van der Waals surface area contributed by atoms with Gasteiger partial charge in [0.1, 0.15) is 0 Å². The first kappa shape index (κ1) is 16.7. The summed E-state index contributed by atoms with van der Waals surface area (Å²) in [5, 5.41) is 10.1. The summed E-state index contributed by atoms with van der Waals surface area (Å²) in [6.45, 7) is 1.70. The van der Waals surface area contributed by atoms with E-state index in [0.29, 0.717) is 0 Å². The first-order chi connectivity index (χ1) is 11.2. The summed E-state index contributed by atoms with van der Waals surface area (Å²) in [5.74, 6) is -1.80. The highest BCUT2D eigenvalue weighted by Crippen LogP contribution is 2.46. The molecule has 7 heteroatoms. The molecule has 1 aliphatic heterocycles. The van der Waals surface area contributed by atoms with Crippen molar-refractivity contribution in [2.75, 3.05) is 13.1 Å². The molecule has 0 radical (unpaired) electrons. The zero-order valence-corrected chi connectivity index (χ0v) is 13.1. The van der Waals surface area contributed by atoms with E-state index in [1.807, 2.05) is 25.1 Å². The Hall–Kier alpha value is -2.15. The fourth-order valence-electron chi connectivity index (χ4n) is 3.28. The number of halogens is 3. The van der Waals surface area contributed by atoms with E-state index in [1.54, 1.807) is 17.2 Å². The number of carboxylic acid groups (broad SMARTS) is 1. The van der Waals surface area contributed by atoms with E-state index in [2.05, 4.69) is 4.98 Å². The maximum Gasteiger partial charge on any atom is 0.406 e. The monoisotopic (exact) mass is 338 g/mol. The molecule has 1 saturated heterocycles. The number of pyridine rings is 1. The maximum atomic E-state index is 13.3. The molecule has 0 spiro atoms. The van der Waals surface area contributed by atoms with Gasteiger partial charge in [-0.2, -0.15) is 13.2 Å². The van der Waals surface area contributed by atoms with Crippen molar-refractivity contribution in [1.82, 2.24) is 9.88 Å². The van der Waals surface area contributed by atoms with Gasteiger partial charge in [-0.25, -0.2) is 0 Å². The Bertz CT molecular complexity index is 791. The van der Waals surface area contributed by atoms with Gasteiger partial charge >= 0.3 is 12.1 Å². The van der Waals surface area contributed by atoms with E-state index in [9.17, 15) is 18.0 Å². The molecule has 0 bridgehead atoms. The molecular weight excluding hydrogens is 321 g/mol. The van der Waals surface area contributed by atoms with Crippen LogP contribution in [-0.4, -0.2) is 40.2 Å². The minimum atomic E-state index is -4.76. The normalized spacial score (nSPS) is 22.2. The van der Waals surface area contributed by atoms with Crippen LogP contribution in [0.3, 0.4) is 0 Å². The Morgan fingerprint density at radius 1 is 1.38 bits per heavy atom. The summed E-state index contributed by atoms with van der Waals surface area (Å²) < 4.78 is 39.9. The minimum Gasteiger partial charge on any atom is -0.481 e. The zero-order chi connectivity index (χ0) is 17.5. The lowest BCUT2D eigenvalue weighted by Gasteiger charge is -2.27. The van der Waals surface area contributed by atoms with Crippen molar-refractivity contribution >= 4 is 16.9 Å². The molecule has 1 unspecified atom stereocenters. The number of alkyl halides is 3. The van der Waals surface area contributed by atoms with Crippen molar-refractivity contribution in [2.24, 2.45) is 5.41 Å². The number of hydrogen-bond acceptors (Lipinski definition) is 3. The van der Waals surface area contributed by atoms with Gasteiger partial charge in [0.2, 0.25) is 0 Å². The number of aliphatic carboxylic acids is 1. The largest absolute Gasteiger partial charge is 0.481 e. The highest BCUT2D eigenvalue weighted by Gasteiger charge is 2.63. The Kier molecular flexibility index (Phi) is 3.99. The lowest BCUT2D eigenvalue weighted by molar-refractivity contribution is -0.227. The number of likely N-dealkylation sites (tertiary alicyclic amines) is 1. The van der Waals surface area contributed by atoms with Crippen molar-refractivity contribution < 1.29 is 23.1 Å². The van der Waals surface area contributed by atoms with Crippen molar-refractivity contribution in [3.63, 3.8) is 0 Å². The molecule has 1 N–H and O–H groups in total. The number of hydrogen-bond donors (Lipinski definition) is 1. The molecular formula is C17H17F3N2O2. The molecule has 24 heavy (non-hydrogen) atoms. The van der Waals surface area contributed by atoms with Crippen molar-refractivity contribution in [3.05, 3.63) is 41.6 Å². The van der Waals surface area contributed by atoms with Crippen LogP contribution in [0.5, 0.6) is 0 Å². The third-order valence-corrected chi connectivity index (χ3v) is 4.80. The van der Waals surface area contributed by atoms with Crippen LogP contribution < -0.4 is 0 Å². The number of nitrogens with zero attached hydrogens (tertiary/aromatic N) is 2. The fraction of sp³-hybridized carbons (Fsp3) is 0.412. The molecule has 2 heterocycles. The van der Waals surface area contributed by atoms with Crippen LogP contribution in [0.15, 0.2) is 30.5 Å². The molecule has 1 atom stereocenters. The summed E-state index contributed by atoms with van der Waals surface area (Å²) >= 11 is 0. The molecule has 2 aromatic rings. The molecule has 1 fully saturated rings. The molecule has 128 valence electrons. The molecule has 0 saturated carbocycles. The van der Waals surface area contributed by atoms with Gasteiger partial charge in [-0.05, 0) is 30.5 Å². The van der Waals surface area contributed by atoms with Gasteiger partial charge in [0.25, 0.3) is 0 Å². The Morgan fingerprint density at radius 2 is 2.12 bits per heavy atom. The van der Waals surface area contributed by atoms with Gasteiger partial charge in [0.05, 0.1) is 5.52 Å². The van der Waals surface area contributed by atoms with Crippen LogP contribution in [0.25, 0.3) is 10.9 Å². The second-order valence-corrected chi connectivity index (χ2v) is 6.28. The van der Waals surface area contributed by atoms with E-state index in [1.165, 1.54) is 0 Å². The lowest BCUT2D eigenvalue weighted by atomic mass is 9.86. The molecule has 1 aliphatic rings. The summed E-state index contributed by atoms with van der Waals surface area (Å²) in [6, 6.07) is 7.52. The number of aryl methyl sites for hydroxylation is 1. The van der Waals surface area contributed by atoms with Crippen LogP contribution in [0.4, 0.5) is 13.2 Å². The predicted molar refractivity (Wildman–Crippen MR) is 82.5 cm³/mol. The minimum absolute atomic E-state index is 0.0917. The Balaban J connectivity index is 1.92. The third kappa shape index (κ3) is 2.62. The number of fused-ring (bicyclic) bond motifs is 1. The topological polar surface area (TPSA) is 53.4 Å². The molecule has 0 aliphatic carbocycles. The van der Waals surface area contributed by atoms with Gasteiger partial charge in [-0.15, -0.1) is 0 Å². The highest BCUT2D eigenvalue weighted by molar-refractivity contribution is 5.82. The first-order valence-electron chi connectivity index (χ1n) is 7.60. The van der Waals surface area contributed by atoms with Gasteiger partial charge < -0.3 is 5.11 Å². The van der Waals surface area contributed by atoms with Crippen LogP contribution in [-0.2, 0) is 11.3 Å². The second-order valence-electron chi connectivity index (χ2n) is 6.28. The molecule has 0 amide bonds. The average molecular weight is 338 g/mol. The number of aromatic nitrogens is 1. The maximum absolute atomic E-state index is 13.3. The van der Waals surface area contributed by atoms with E-state index in [0.717, 1.165) is 22.0 Å². The van der Waals surface area contributed by atoms with E-state index in [4.69, 9.17) is 5.11 Å².